The van der Waals surface area contributed by atoms with Gasteiger partial charge in [0.2, 0.25) is 0 Å². The molecular formula is C13H28N2O2. The van der Waals surface area contributed by atoms with E-state index in [1.807, 2.05) is 0 Å². The van der Waals surface area contributed by atoms with E-state index in [4.69, 9.17) is 9.47 Å². The standard InChI is InChI=1S/C13H28N2O2/c1-5-14-12-6-8-16-10-13(12)15(4)7-9-17-11(2)3/h11-14H,5-10H2,1-4H3. The van der Waals surface area contributed by atoms with Gasteiger partial charge in [0.1, 0.15) is 0 Å². The molecule has 0 aromatic rings. The van der Waals surface area contributed by atoms with Gasteiger partial charge in [-0.05, 0) is 33.9 Å². The van der Waals surface area contributed by atoms with Crippen molar-refractivity contribution in [3.63, 3.8) is 0 Å². The zero-order valence-electron chi connectivity index (χ0n) is 11.7. The molecule has 0 aromatic heterocycles. The van der Waals surface area contributed by atoms with Gasteiger partial charge >= 0.3 is 0 Å². The quantitative estimate of drug-likeness (QED) is 0.727. The first kappa shape index (κ1) is 14.9. The highest BCUT2D eigenvalue weighted by Gasteiger charge is 2.27. The van der Waals surface area contributed by atoms with Crippen LogP contribution in [0.3, 0.4) is 0 Å². The molecule has 0 saturated carbocycles. The van der Waals surface area contributed by atoms with Crippen molar-refractivity contribution >= 4 is 0 Å². The molecule has 0 spiro atoms. The minimum atomic E-state index is 0.315. The number of likely N-dealkylation sites (N-methyl/N-ethyl adjacent to an activating group) is 2. The fraction of sp³-hybridized carbons (Fsp3) is 1.00. The Bertz CT molecular complexity index is 198. The van der Waals surface area contributed by atoms with Crippen molar-refractivity contribution in [2.45, 2.75) is 45.4 Å². The highest BCUT2D eigenvalue weighted by Crippen LogP contribution is 2.13. The Kier molecular flexibility index (Phi) is 7.04. The summed E-state index contributed by atoms with van der Waals surface area (Å²) in [4.78, 5) is 2.36. The number of nitrogens with one attached hydrogen (secondary N) is 1. The Labute approximate surface area is 106 Å². The second kappa shape index (κ2) is 8.03. The summed E-state index contributed by atoms with van der Waals surface area (Å²) in [5, 5.41) is 3.55. The van der Waals surface area contributed by atoms with Crippen LogP contribution in [0.2, 0.25) is 0 Å². The zero-order chi connectivity index (χ0) is 12.7. The van der Waals surface area contributed by atoms with E-state index in [1.54, 1.807) is 0 Å². The Morgan fingerprint density at radius 3 is 2.88 bits per heavy atom. The first-order valence-corrected chi connectivity index (χ1v) is 6.78. The van der Waals surface area contributed by atoms with Gasteiger partial charge in [0.25, 0.3) is 0 Å². The maximum Gasteiger partial charge on any atom is 0.0636 e. The van der Waals surface area contributed by atoms with E-state index >= 15 is 0 Å². The van der Waals surface area contributed by atoms with Crippen LogP contribution in [0.5, 0.6) is 0 Å². The van der Waals surface area contributed by atoms with Gasteiger partial charge in [-0.25, -0.2) is 0 Å². The van der Waals surface area contributed by atoms with Crippen molar-refractivity contribution in [2.75, 3.05) is 40.0 Å². The van der Waals surface area contributed by atoms with Gasteiger partial charge in [-0.3, -0.25) is 4.90 Å². The highest BCUT2D eigenvalue weighted by atomic mass is 16.5. The zero-order valence-corrected chi connectivity index (χ0v) is 11.7. The summed E-state index contributed by atoms with van der Waals surface area (Å²) in [6, 6.07) is 1.03. The second-order valence-corrected chi connectivity index (χ2v) is 5.00. The van der Waals surface area contributed by atoms with E-state index in [0.29, 0.717) is 18.2 Å². The summed E-state index contributed by atoms with van der Waals surface area (Å²) in [5.41, 5.74) is 0. The normalized spacial score (nSPS) is 25.8. The first-order chi connectivity index (χ1) is 8.15. The number of rotatable bonds is 7. The molecule has 0 aliphatic carbocycles. The topological polar surface area (TPSA) is 33.7 Å². The Balaban J connectivity index is 2.33. The van der Waals surface area contributed by atoms with E-state index in [1.165, 1.54) is 0 Å². The van der Waals surface area contributed by atoms with Crippen molar-refractivity contribution in [3.05, 3.63) is 0 Å². The van der Waals surface area contributed by atoms with E-state index in [2.05, 4.69) is 38.0 Å². The molecule has 102 valence electrons. The molecule has 17 heavy (non-hydrogen) atoms. The maximum atomic E-state index is 5.60. The van der Waals surface area contributed by atoms with E-state index in [-0.39, 0.29) is 0 Å². The van der Waals surface area contributed by atoms with Gasteiger partial charge in [0.05, 0.1) is 19.3 Å². The molecule has 1 aliphatic rings. The number of hydrogen-bond donors (Lipinski definition) is 1. The summed E-state index contributed by atoms with van der Waals surface area (Å²) < 4.78 is 11.2. The third kappa shape index (κ3) is 5.34. The van der Waals surface area contributed by atoms with E-state index < -0.39 is 0 Å². The average Bonchev–Trinajstić information content (AvgIpc) is 2.29. The van der Waals surface area contributed by atoms with Crippen LogP contribution in [0.15, 0.2) is 0 Å². The van der Waals surface area contributed by atoms with Crippen molar-refractivity contribution < 1.29 is 9.47 Å². The molecule has 0 radical (unpaired) electrons. The SMILES string of the molecule is CCNC1CCOCC1N(C)CCOC(C)C. The minimum Gasteiger partial charge on any atom is -0.380 e. The summed E-state index contributed by atoms with van der Waals surface area (Å²) in [6.45, 7) is 10.8. The molecule has 2 atom stereocenters. The smallest absolute Gasteiger partial charge is 0.0636 e. The molecule has 0 amide bonds. The predicted molar refractivity (Wildman–Crippen MR) is 70.4 cm³/mol. The van der Waals surface area contributed by atoms with Gasteiger partial charge in [-0.1, -0.05) is 6.92 Å². The molecule has 1 saturated heterocycles. The van der Waals surface area contributed by atoms with Crippen molar-refractivity contribution in [3.8, 4) is 0 Å². The van der Waals surface area contributed by atoms with Gasteiger partial charge in [0, 0.05) is 25.2 Å². The Morgan fingerprint density at radius 1 is 1.47 bits per heavy atom. The average molecular weight is 244 g/mol. The molecule has 4 nitrogen and oxygen atoms in total. The number of ether oxygens (including phenoxy) is 2. The van der Waals surface area contributed by atoms with Crippen LogP contribution in [0.1, 0.15) is 27.2 Å². The maximum absolute atomic E-state index is 5.60. The van der Waals surface area contributed by atoms with Crippen LogP contribution >= 0.6 is 0 Å². The Hall–Kier alpha value is -0.160. The molecule has 2 unspecified atom stereocenters. The number of nitrogens with zero attached hydrogens (tertiary/aromatic N) is 1. The van der Waals surface area contributed by atoms with Gasteiger partial charge in [-0.2, -0.15) is 0 Å². The predicted octanol–water partition coefficient (Wildman–Crippen LogP) is 1.11. The third-order valence-electron chi connectivity index (χ3n) is 3.25. The third-order valence-corrected chi connectivity index (χ3v) is 3.25. The second-order valence-electron chi connectivity index (χ2n) is 5.00. The van der Waals surface area contributed by atoms with Crippen LogP contribution < -0.4 is 5.32 Å². The van der Waals surface area contributed by atoms with Crippen molar-refractivity contribution in [2.24, 2.45) is 0 Å². The molecule has 1 N–H and O–H groups in total. The van der Waals surface area contributed by atoms with Crippen LogP contribution in [0, 0.1) is 0 Å². The van der Waals surface area contributed by atoms with Gasteiger partial charge in [-0.15, -0.1) is 0 Å². The van der Waals surface area contributed by atoms with Crippen LogP contribution in [0.25, 0.3) is 0 Å². The summed E-state index contributed by atoms with van der Waals surface area (Å²) >= 11 is 0. The largest absolute Gasteiger partial charge is 0.380 e. The molecule has 0 aromatic carbocycles. The van der Waals surface area contributed by atoms with Crippen LogP contribution in [-0.4, -0.2) is 63.0 Å². The van der Waals surface area contributed by atoms with Gasteiger partial charge in [0.15, 0.2) is 0 Å². The fourth-order valence-electron chi connectivity index (χ4n) is 2.26. The Morgan fingerprint density at radius 2 is 2.24 bits per heavy atom. The molecule has 1 rings (SSSR count). The summed E-state index contributed by atoms with van der Waals surface area (Å²) in [6.07, 6.45) is 1.42. The van der Waals surface area contributed by atoms with Crippen LogP contribution in [-0.2, 0) is 9.47 Å². The summed E-state index contributed by atoms with van der Waals surface area (Å²) in [5.74, 6) is 0. The monoisotopic (exact) mass is 244 g/mol. The molecule has 1 heterocycles. The van der Waals surface area contributed by atoms with Crippen LogP contribution in [0.4, 0.5) is 0 Å². The van der Waals surface area contributed by atoms with E-state index in [0.717, 1.165) is 39.3 Å². The van der Waals surface area contributed by atoms with E-state index in [9.17, 15) is 0 Å². The van der Waals surface area contributed by atoms with Gasteiger partial charge < -0.3 is 14.8 Å². The lowest BCUT2D eigenvalue weighted by Gasteiger charge is -2.38. The lowest BCUT2D eigenvalue weighted by atomic mass is 10.0. The van der Waals surface area contributed by atoms with Crippen molar-refractivity contribution in [1.29, 1.82) is 0 Å². The minimum absolute atomic E-state index is 0.315. The molecule has 1 aliphatic heterocycles. The lowest BCUT2D eigenvalue weighted by molar-refractivity contribution is -0.00890. The molecule has 4 heteroatoms. The van der Waals surface area contributed by atoms with Crippen molar-refractivity contribution in [1.82, 2.24) is 10.2 Å². The fourth-order valence-corrected chi connectivity index (χ4v) is 2.26. The lowest BCUT2D eigenvalue weighted by Crippen LogP contribution is -2.54. The highest BCUT2D eigenvalue weighted by molar-refractivity contribution is 4.85. The first-order valence-electron chi connectivity index (χ1n) is 6.78. The molecule has 1 fully saturated rings. The molecule has 0 bridgehead atoms. The number of hydrogen-bond acceptors (Lipinski definition) is 4. The summed E-state index contributed by atoms with van der Waals surface area (Å²) in [7, 11) is 2.16. The molecular weight excluding hydrogens is 216 g/mol.